The highest BCUT2D eigenvalue weighted by molar-refractivity contribution is 14.1. The molecule has 0 N–H and O–H groups in total. The summed E-state index contributed by atoms with van der Waals surface area (Å²) in [6.07, 6.45) is 9.20. The molecule has 0 saturated heterocycles. The van der Waals surface area contributed by atoms with Crippen molar-refractivity contribution in [1.82, 2.24) is 0 Å². The number of halogens is 1. The first-order chi connectivity index (χ1) is 11.3. The first-order valence-electron chi connectivity index (χ1n) is 7.42. The predicted molar refractivity (Wildman–Crippen MR) is 112 cm³/mol. The van der Waals surface area contributed by atoms with Crippen LogP contribution in [0.25, 0.3) is 0 Å². The molecule has 0 aromatic carbocycles. The van der Waals surface area contributed by atoms with Crippen LogP contribution in [0.5, 0.6) is 0 Å². The number of terminal acetylenes is 1. The first-order valence-corrected chi connectivity index (χ1v) is 8.67. The van der Waals surface area contributed by atoms with Crippen molar-refractivity contribution in [1.29, 1.82) is 0 Å². The summed E-state index contributed by atoms with van der Waals surface area (Å²) in [6, 6.07) is 0. The van der Waals surface area contributed by atoms with Gasteiger partial charge in [-0.05, 0) is 51.7 Å². The first kappa shape index (κ1) is 28.1. The molecule has 0 spiro atoms. The number of hydrogen-bond donors (Lipinski definition) is 0. The van der Waals surface area contributed by atoms with Gasteiger partial charge in [0.05, 0.1) is 14.2 Å². The Balaban J connectivity index is -0.000000317. The molecule has 0 rings (SSSR count). The molecule has 0 atom stereocenters. The monoisotopic (exact) mass is 460 g/mol. The Labute approximate surface area is 166 Å². The standard InChI is InChI=1S/C10H14O2.C6H10.C4H5IO2/c1-10(2,3)8-6-5-7-9(11)12-4;1-5-6(2,3)4;1-7-4(6)2-3-5/h5,7H,1-4H3;1H,2-4H3;2-3H,1H3/b7-5+;;3-2+. The van der Waals surface area contributed by atoms with E-state index in [9.17, 15) is 9.59 Å². The summed E-state index contributed by atoms with van der Waals surface area (Å²) in [7, 11) is 2.68. The summed E-state index contributed by atoms with van der Waals surface area (Å²) in [6.45, 7) is 12.0. The second kappa shape index (κ2) is 15.8. The van der Waals surface area contributed by atoms with Crippen molar-refractivity contribution in [3.05, 3.63) is 22.3 Å². The summed E-state index contributed by atoms with van der Waals surface area (Å²) in [4.78, 5) is 20.7. The predicted octanol–water partition coefficient (Wildman–Crippen LogP) is 4.54. The Morgan fingerprint density at radius 2 is 1.32 bits per heavy atom. The number of methoxy groups -OCH3 is 2. The minimum atomic E-state index is -0.377. The van der Waals surface area contributed by atoms with E-state index in [1.807, 2.05) is 64.1 Å². The minimum Gasteiger partial charge on any atom is -0.466 e. The van der Waals surface area contributed by atoms with Gasteiger partial charge in [0.1, 0.15) is 0 Å². The van der Waals surface area contributed by atoms with E-state index in [0.29, 0.717) is 0 Å². The van der Waals surface area contributed by atoms with Gasteiger partial charge in [0.25, 0.3) is 0 Å². The largest absolute Gasteiger partial charge is 0.466 e. The number of rotatable bonds is 2. The van der Waals surface area contributed by atoms with E-state index in [2.05, 4.69) is 27.2 Å². The molecule has 0 unspecified atom stereocenters. The average molecular weight is 460 g/mol. The molecule has 0 aliphatic carbocycles. The van der Waals surface area contributed by atoms with E-state index in [-0.39, 0.29) is 22.8 Å². The number of ether oxygens (including phenoxy) is 2. The van der Waals surface area contributed by atoms with Gasteiger partial charge in [-0.3, -0.25) is 0 Å². The lowest BCUT2D eigenvalue weighted by atomic mass is 9.98. The minimum absolute atomic E-state index is 0.0273. The fourth-order valence-electron chi connectivity index (χ4n) is 0.555. The normalized spacial score (nSPS) is 10.2. The molecule has 5 heteroatoms. The van der Waals surface area contributed by atoms with Gasteiger partial charge in [0.2, 0.25) is 0 Å². The van der Waals surface area contributed by atoms with Crippen LogP contribution in [-0.2, 0) is 19.1 Å². The molecule has 0 saturated carbocycles. The van der Waals surface area contributed by atoms with Crippen LogP contribution in [0.2, 0.25) is 0 Å². The molecule has 0 heterocycles. The van der Waals surface area contributed by atoms with E-state index in [1.165, 1.54) is 32.4 Å². The highest BCUT2D eigenvalue weighted by Gasteiger charge is 2.02. The van der Waals surface area contributed by atoms with E-state index in [4.69, 9.17) is 6.42 Å². The molecular weight excluding hydrogens is 431 g/mol. The maximum Gasteiger partial charge on any atom is 0.331 e. The molecule has 4 nitrogen and oxygen atoms in total. The summed E-state index contributed by atoms with van der Waals surface area (Å²) < 4.78 is 10.2. The summed E-state index contributed by atoms with van der Waals surface area (Å²) in [5.41, 5.74) is 0.0421. The van der Waals surface area contributed by atoms with Gasteiger partial charge in [-0.2, -0.15) is 0 Å². The quantitative estimate of drug-likeness (QED) is 0.263. The number of allylic oxidation sites excluding steroid dienone is 1. The zero-order chi connectivity index (χ0) is 20.5. The van der Waals surface area contributed by atoms with Gasteiger partial charge in [-0.15, -0.1) is 12.3 Å². The van der Waals surface area contributed by atoms with Crippen molar-refractivity contribution < 1.29 is 19.1 Å². The molecule has 0 amide bonds. The zero-order valence-electron chi connectivity index (χ0n) is 16.4. The van der Waals surface area contributed by atoms with E-state index in [1.54, 1.807) is 4.08 Å². The molecule has 0 radical (unpaired) electrons. The summed E-state index contributed by atoms with van der Waals surface area (Å²) in [5, 5.41) is 0. The molecule has 0 aliphatic heterocycles. The number of carbonyl (C=O) groups excluding carboxylic acids is 2. The number of carbonyl (C=O) groups is 2. The Morgan fingerprint density at radius 3 is 1.56 bits per heavy atom. The Hall–Kier alpha value is -1.73. The maximum atomic E-state index is 10.6. The van der Waals surface area contributed by atoms with Crippen LogP contribution in [0.3, 0.4) is 0 Å². The lowest BCUT2D eigenvalue weighted by molar-refractivity contribution is -0.135. The molecule has 0 aromatic heterocycles. The smallest absolute Gasteiger partial charge is 0.331 e. The Bertz CT molecular complexity index is 541. The van der Waals surface area contributed by atoms with E-state index < -0.39 is 0 Å². The second-order valence-corrected chi connectivity index (χ2v) is 7.31. The van der Waals surface area contributed by atoms with Crippen LogP contribution < -0.4 is 0 Å². The third-order valence-corrected chi connectivity index (χ3v) is 2.14. The lowest BCUT2D eigenvalue weighted by Gasteiger charge is -2.05. The third kappa shape index (κ3) is 34.6. The molecule has 0 aromatic rings. The van der Waals surface area contributed by atoms with Crippen LogP contribution in [-0.4, -0.2) is 26.2 Å². The fraction of sp³-hybridized carbons (Fsp3) is 0.500. The molecule has 0 bridgehead atoms. The van der Waals surface area contributed by atoms with Crippen molar-refractivity contribution in [2.24, 2.45) is 10.8 Å². The molecule has 25 heavy (non-hydrogen) atoms. The van der Waals surface area contributed by atoms with Crippen molar-refractivity contribution >= 4 is 34.5 Å². The van der Waals surface area contributed by atoms with Crippen LogP contribution in [0, 0.1) is 35.0 Å². The number of esters is 2. The van der Waals surface area contributed by atoms with Crippen molar-refractivity contribution in [2.45, 2.75) is 41.5 Å². The maximum absolute atomic E-state index is 10.6. The molecule has 0 fully saturated rings. The fourth-order valence-corrected chi connectivity index (χ4v) is 0.849. The van der Waals surface area contributed by atoms with Crippen molar-refractivity contribution in [3.8, 4) is 24.2 Å². The average Bonchev–Trinajstić information content (AvgIpc) is 2.51. The second-order valence-electron chi connectivity index (χ2n) is 6.59. The van der Waals surface area contributed by atoms with Crippen LogP contribution in [0.4, 0.5) is 0 Å². The molecule has 140 valence electrons. The van der Waals surface area contributed by atoms with Crippen LogP contribution in [0.1, 0.15) is 41.5 Å². The van der Waals surface area contributed by atoms with Gasteiger partial charge in [-0.25, -0.2) is 9.59 Å². The SMILES string of the molecule is C#CC(C)(C)C.COC(=O)/C=C/C#CC(C)(C)C.COC(=O)/C=C/I. The molecule has 0 aliphatic rings. The molecular formula is C20H29IO4. The highest BCUT2D eigenvalue weighted by Crippen LogP contribution is 2.09. The van der Waals surface area contributed by atoms with Crippen molar-refractivity contribution in [3.63, 3.8) is 0 Å². The summed E-state index contributed by atoms with van der Waals surface area (Å²) >= 11 is 1.94. The lowest BCUT2D eigenvalue weighted by Crippen LogP contribution is -1.98. The topological polar surface area (TPSA) is 52.6 Å². The van der Waals surface area contributed by atoms with Gasteiger partial charge in [0, 0.05) is 23.0 Å². The zero-order valence-corrected chi connectivity index (χ0v) is 18.6. The van der Waals surface area contributed by atoms with Gasteiger partial charge >= 0.3 is 11.9 Å². The van der Waals surface area contributed by atoms with E-state index in [0.717, 1.165) is 0 Å². The van der Waals surface area contributed by atoms with Gasteiger partial charge in [0.15, 0.2) is 0 Å². The highest BCUT2D eigenvalue weighted by atomic mass is 127. The third-order valence-electron chi connectivity index (χ3n) is 1.78. The van der Waals surface area contributed by atoms with E-state index >= 15 is 0 Å². The van der Waals surface area contributed by atoms with Crippen LogP contribution >= 0.6 is 22.6 Å². The Morgan fingerprint density at radius 1 is 0.920 bits per heavy atom. The van der Waals surface area contributed by atoms with Gasteiger partial charge < -0.3 is 9.47 Å². The summed E-state index contributed by atoms with van der Waals surface area (Å²) in [5.74, 6) is 7.63. The van der Waals surface area contributed by atoms with Crippen molar-refractivity contribution in [2.75, 3.05) is 14.2 Å². The Kier molecular flexibility index (Phi) is 17.7. The van der Waals surface area contributed by atoms with Gasteiger partial charge in [-0.1, -0.05) is 34.4 Å². The number of hydrogen-bond acceptors (Lipinski definition) is 4. The van der Waals surface area contributed by atoms with Crippen LogP contribution in [0.15, 0.2) is 22.3 Å².